The number of ether oxygens (including phenoxy) is 9. The average Bonchev–Trinajstić information content (AvgIpc) is 0.681. The van der Waals surface area contributed by atoms with E-state index in [1.807, 2.05) is 127 Å². The summed E-state index contributed by atoms with van der Waals surface area (Å²) in [5.74, 6) is -66.6. The summed E-state index contributed by atoms with van der Waals surface area (Å²) in [6.45, 7) is 5.16. The molecule has 0 saturated carbocycles. The van der Waals surface area contributed by atoms with Crippen LogP contribution >= 0.6 is 0 Å². The van der Waals surface area contributed by atoms with Gasteiger partial charge in [-0.2, -0.15) is 0 Å². The molecule has 0 amide bonds. The second-order valence-electron chi connectivity index (χ2n) is 21.3. The second kappa shape index (κ2) is 35.8. The predicted molar refractivity (Wildman–Crippen MR) is 338 cm³/mol. The first-order valence-corrected chi connectivity index (χ1v) is 33.0. The van der Waals surface area contributed by atoms with Gasteiger partial charge >= 0.3 is 329 Å². The molecule has 10 rings (SSSR count). The fourth-order valence-corrected chi connectivity index (χ4v) is 15.5. The van der Waals surface area contributed by atoms with E-state index in [1.165, 1.54) is 0 Å². The maximum absolute atomic E-state index is 15.4. The van der Waals surface area contributed by atoms with E-state index in [-0.39, 0.29) is 0 Å². The summed E-state index contributed by atoms with van der Waals surface area (Å²) >= 11 is -2.10. The molecule has 0 unspecified atom stereocenters. The Labute approximate surface area is 577 Å². The summed E-state index contributed by atoms with van der Waals surface area (Å²) in [7, 11) is 0. The van der Waals surface area contributed by atoms with E-state index in [9.17, 15) is 52.7 Å². The summed E-state index contributed by atoms with van der Waals surface area (Å²) in [6, 6.07) is 53.9. The number of rotatable bonds is 31. The van der Waals surface area contributed by atoms with E-state index in [4.69, 9.17) is 42.6 Å². The SMILES string of the molecule is Fc1c(F)c(F)c([B-](c2c(F)c(F)c(F)c(F)c2F)(c2c(F)c(F)c(F)c(F)c2F)c2c(F)c(F)c(F)c(F)c2F)c(F)c1F.c1ccc(OCCOCCOc2ccccc2[Se+](c2ccccc2OCCOCCOc2ccccc2)c2ccccc2OCCOCCOc2ccccc2)cc1. The van der Waals surface area contributed by atoms with Gasteiger partial charge in [-0.15, -0.1) is 21.9 Å². The molecular formula is C72H51BF20O9Se. The van der Waals surface area contributed by atoms with Gasteiger partial charge in [-0.25, -0.2) is 87.8 Å². The molecule has 0 aliphatic carbocycles. The first-order chi connectivity index (χ1) is 49.6. The molecule has 0 heterocycles. The molecule has 10 aromatic carbocycles. The van der Waals surface area contributed by atoms with Crippen molar-refractivity contribution < 1.29 is 130 Å². The third-order valence-electron chi connectivity index (χ3n) is 15.1. The normalized spacial score (nSPS) is 11.4. The predicted octanol–water partition coefficient (Wildman–Crippen LogP) is 12.5. The van der Waals surface area contributed by atoms with Crippen molar-refractivity contribution in [2.75, 3.05) is 79.3 Å². The van der Waals surface area contributed by atoms with Crippen LogP contribution in [0.2, 0.25) is 0 Å². The molecule has 31 heteroatoms. The molecule has 0 aromatic heterocycles. The first kappa shape index (κ1) is 77.2. The third kappa shape index (κ3) is 17.1. The van der Waals surface area contributed by atoms with Crippen molar-refractivity contribution in [3.8, 4) is 34.5 Å². The van der Waals surface area contributed by atoms with Crippen molar-refractivity contribution in [1.82, 2.24) is 0 Å². The molecule has 542 valence electrons. The van der Waals surface area contributed by atoms with Crippen LogP contribution in [0.3, 0.4) is 0 Å². The zero-order valence-electron chi connectivity index (χ0n) is 52.8. The molecule has 0 radical (unpaired) electrons. The molecule has 0 aliphatic rings. The van der Waals surface area contributed by atoms with Gasteiger partial charge < -0.3 is 0 Å². The van der Waals surface area contributed by atoms with Gasteiger partial charge in [0.2, 0.25) is 0 Å². The van der Waals surface area contributed by atoms with Crippen LogP contribution in [0.15, 0.2) is 164 Å². The molecule has 103 heavy (non-hydrogen) atoms. The summed E-state index contributed by atoms with van der Waals surface area (Å²) < 4.78 is 352. The Morgan fingerprint density at radius 2 is 0.369 bits per heavy atom. The van der Waals surface area contributed by atoms with E-state index in [0.717, 1.165) is 47.9 Å². The molecule has 0 atom stereocenters. The van der Waals surface area contributed by atoms with Gasteiger partial charge in [0.1, 0.15) is 52.7 Å². The Bertz CT molecular complexity index is 3950. The third-order valence-corrected chi connectivity index (χ3v) is 20.0. The van der Waals surface area contributed by atoms with E-state index in [2.05, 4.69) is 36.4 Å². The quantitative estimate of drug-likeness (QED) is 0.0139. The summed E-state index contributed by atoms with van der Waals surface area (Å²) in [5.41, 5.74) is -14.3. The molecule has 0 spiro atoms. The number of benzene rings is 10. The van der Waals surface area contributed by atoms with Crippen LogP contribution < -0.4 is 63.7 Å². The molecule has 0 N–H and O–H groups in total. The Hall–Kier alpha value is -9.94. The van der Waals surface area contributed by atoms with Crippen LogP contribution in [0, 0.1) is 116 Å². The van der Waals surface area contributed by atoms with Crippen molar-refractivity contribution in [2.24, 2.45) is 0 Å². The van der Waals surface area contributed by atoms with Crippen LogP contribution in [0.1, 0.15) is 0 Å². The Morgan fingerprint density at radius 1 is 0.194 bits per heavy atom. The fraction of sp³-hybridized carbons (Fsp3) is 0.167. The number of halogens is 20. The molecule has 0 saturated heterocycles. The van der Waals surface area contributed by atoms with Crippen molar-refractivity contribution in [3.63, 3.8) is 0 Å². The monoisotopic (exact) mass is 1530 g/mol. The molecule has 0 bridgehead atoms. The summed E-state index contributed by atoms with van der Waals surface area (Å²) in [4.78, 5) is 0. The van der Waals surface area contributed by atoms with Crippen molar-refractivity contribution in [3.05, 3.63) is 280 Å². The van der Waals surface area contributed by atoms with Crippen LogP contribution in [0.5, 0.6) is 34.5 Å². The summed E-state index contributed by atoms with van der Waals surface area (Å²) in [6.07, 6.45) is -7.22. The van der Waals surface area contributed by atoms with E-state index >= 15 is 35.1 Å². The molecule has 0 fully saturated rings. The molecular weight excluding hydrogens is 1480 g/mol. The summed E-state index contributed by atoms with van der Waals surface area (Å²) in [5, 5.41) is 0. The zero-order chi connectivity index (χ0) is 74.1. The van der Waals surface area contributed by atoms with Gasteiger partial charge in [-0.05, 0) is 0 Å². The van der Waals surface area contributed by atoms with E-state index < -0.39 is 158 Å². The van der Waals surface area contributed by atoms with Gasteiger partial charge in [0.25, 0.3) is 0 Å². The van der Waals surface area contributed by atoms with Crippen LogP contribution in [-0.2, 0) is 14.2 Å². The van der Waals surface area contributed by atoms with E-state index in [1.54, 1.807) is 0 Å². The molecule has 0 aliphatic heterocycles. The second-order valence-corrected chi connectivity index (χ2v) is 25.4. The number of hydrogen-bond donors (Lipinski definition) is 0. The average molecular weight is 1530 g/mol. The van der Waals surface area contributed by atoms with Crippen LogP contribution in [0.25, 0.3) is 0 Å². The van der Waals surface area contributed by atoms with Crippen molar-refractivity contribution >= 4 is 55.3 Å². The standard InChI is InChI=1S/C48H51O9Se.C24BF20/c1-4-16-40(17-5-1)52-34-28-49-31-37-55-43-22-10-13-25-46(43)58(47-26-14-11-23-44(47)56-38-32-50-29-35-53-41-18-6-2-7-19-41)48-27-15-12-24-45(48)57-39-33-51-30-36-54-42-20-8-3-9-21-42;26-5-1(6(27)14(35)21(42)13(5)34)25(2-7(28)15(36)22(43)16(37)8(2)29,3-9(30)17(38)23(44)18(39)10(3)31)4-11(32)19(40)24(45)20(41)12(4)33/h1-27H,28-39H2;/q+1;-1. The first-order valence-electron chi connectivity index (χ1n) is 30.4. The minimum absolute atomic E-state index is 0.383. The van der Waals surface area contributed by atoms with Crippen LogP contribution in [-0.4, -0.2) is 99.3 Å². The van der Waals surface area contributed by atoms with Gasteiger partial charge in [0, 0.05) is 0 Å². The topological polar surface area (TPSA) is 83.1 Å². The van der Waals surface area contributed by atoms with Crippen LogP contribution in [0.4, 0.5) is 87.8 Å². The maximum atomic E-state index is 15.4. The number of hydrogen-bond acceptors (Lipinski definition) is 9. The van der Waals surface area contributed by atoms with Gasteiger partial charge in [0.15, 0.2) is 69.8 Å². The van der Waals surface area contributed by atoms with Crippen molar-refractivity contribution in [1.29, 1.82) is 0 Å². The Kier molecular flexibility index (Phi) is 26.8. The molecule has 10 aromatic rings. The van der Waals surface area contributed by atoms with E-state index in [0.29, 0.717) is 79.3 Å². The van der Waals surface area contributed by atoms with Gasteiger partial charge in [-0.3, -0.25) is 0 Å². The Balaban J connectivity index is 0.000000247. The van der Waals surface area contributed by atoms with Gasteiger partial charge in [-0.1, -0.05) is 18.2 Å². The minimum atomic E-state index is -7.22. The zero-order valence-corrected chi connectivity index (χ0v) is 54.5. The number of para-hydroxylation sites is 6. The van der Waals surface area contributed by atoms with Crippen molar-refractivity contribution in [2.45, 2.75) is 0 Å². The van der Waals surface area contributed by atoms with Gasteiger partial charge in [0.05, 0.1) is 0 Å². The molecule has 9 nitrogen and oxygen atoms in total. The fourth-order valence-electron chi connectivity index (χ4n) is 10.6. The Morgan fingerprint density at radius 3 is 0.583 bits per heavy atom.